The van der Waals surface area contributed by atoms with Crippen molar-refractivity contribution in [3.63, 3.8) is 0 Å². The molecule has 1 N–H and O–H groups in total. The Morgan fingerprint density at radius 3 is 2.62 bits per heavy atom. The molecule has 2 aliphatic heterocycles. The fourth-order valence-corrected chi connectivity index (χ4v) is 4.52. The molecule has 0 saturated carbocycles. The quantitative estimate of drug-likeness (QED) is 0.678. The van der Waals surface area contributed by atoms with Crippen LogP contribution in [0.1, 0.15) is 24.8 Å². The topological polar surface area (TPSA) is 68.8 Å². The minimum absolute atomic E-state index is 0.0441. The van der Waals surface area contributed by atoms with Gasteiger partial charge in [-0.25, -0.2) is 4.98 Å². The van der Waals surface area contributed by atoms with E-state index in [9.17, 15) is 22.8 Å². The number of hydrogen-bond acceptors (Lipinski definition) is 5. The Morgan fingerprint density at radius 1 is 1.09 bits per heavy atom. The standard InChI is InChI=1S/C23H25ClF3N5O2/c24-19-12-16(23(25,26)27)14-28-22(19)31-8-3-7-30(10-11-31)15-20(33)29-17-4-1-5-18(13-17)32-9-2-6-21(32)34/h1,4-5,12-14H,2-3,6-11,15H2,(H,29,33). The maximum Gasteiger partial charge on any atom is 0.417 e. The minimum atomic E-state index is -4.50. The fraction of sp³-hybridized carbons (Fsp3) is 0.435. The van der Waals surface area contributed by atoms with Crippen LogP contribution in [0.5, 0.6) is 0 Å². The smallest absolute Gasteiger partial charge is 0.354 e. The first-order valence-corrected chi connectivity index (χ1v) is 11.5. The molecular weight excluding hydrogens is 471 g/mol. The fourth-order valence-electron chi connectivity index (χ4n) is 4.24. The summed E-state index contributed by atoms with van der Waals surface area (Å²) in [5.41, 5.74) is 0.513. The Kier molecular flexibility index (Phi) is 7.27. The summed E-state index contributed by atoms with van der Waals surface area (Å²) in [4.78, 5) is 34.1. The Labute approximate surface area is 200 Å². The summed E-state index contributed by atoms with van der Waals surface area (Å²) < 4.78 is 38.6. The first-order chi connectivity index (χ1) is 16.2. The van der Waals surface area contributed by atoms with Gasteiger partial charge in [0.2, 0.25) is 11.8 Å². The summed E-state index contributed by atoms with van der Waals surface area (Å²) in [6, 6.07) is 8.13. The van der Waals surface area contributed by atoms with Gasteiger partial charge in [0.25, 0.3) is 0 Å². The lowest BCUT2D eigenvalue weighted by Crippen LogP contribution is -2.36. The Morgan fingerprint density at radius 2 is 1.91 bits per heavy atom. The zero-order valence-corrected chi connectivity index (χ0v) is 19.2. The molecule has 7 nitrogen and oxygen atoms in total. The zero-order chi connectivity index (χ0) is 24.3. The van der Waals surface area contributed by atoms with Crippen LogP contribution in [0.15, 0.2) is 36.5 Å². The van der Waals surface area contributed by atoms with Crippen molar-refractivity contribution in [1.29, 1.82) is 0 Å². The number of nitrogens with one attached hydrogen (secondary N) is 1. The Balaban J connectivity index is 1.33. The second-order valence-corrected chi connectivity index (χ2v) is 8.80. The van der Waals surface area contributed by atoms with Crippen LogP contribution < -0.4 is 15.1 Å². The summed E-state index contributed by atoms with van der Waals surface area (Å²) in [5, 5.41) is 2.84. The van der Waals surface area contributed by atoms with E-state index >= 15 is 0 Å². The predicted molar refractivity (Wildman–Crippen MR) is 124 cm³/mol. The molecule has 4 rings (SSSR count). The van der Waals surface area contributed by atoms with E-state index in [4.69, 9.17) is 11.6 Å². The van der Waals surface area contributed by atoms with Gasteiger partial charge >= 0.3 is 6.18 Å². The lowest BCUT2D eigenvalue weighted by atomic mass is 10.2. The summed E-state index contributed by atoms with van der Waals surface area (Å²) in [7, 11) is 0. The van der Waals surface area contributed by atoms with Gasteiger partial charge in [-0.15, -0.1) is 0 Å². The molecule has 0 spiro atoms. The molecule has 182 valence electrons. The molecule has 2 fully saturated rings. The molecule has 2 saturated heterocycles. The third-order valence-corrected chi connectivity index (χ3v) is 6.20. The molecule has 1 aromatic carbocycles. The highest BCUT2D eigenvalue weighted by atomic mass is 35.5. The summed E-state index contributed by atoms with van der Waals surface area (Å²) >= 11 is 6.10. The number of aromatic nitrogens is 1. The van der Waals surface area contributed by atoms with Crippen molar-refractivity contribution in [3.8, 4) is 0 Å². The van der Waals surface area contributed by atoms with E-state index in [0.29, 0.717) is 57.1 Å². The lowest BCUT2D eigenvalue weighted by Gasteiger charge is -2.24. The molecule has 3 heterocycles. The highest BCUT2D eigenvalue weighted by molar-refractivity contribution is 6.33. The molecular formula is C23H25ClF3N5O2. The van der Waals surface area contributed by atoms with Crippen molar-refractivity contribution in [2.45, 2.75) is 25.4 Å². The number of carbonyl (C=O) groups is 2. The van der Waals surface area contributed by atoms with E-state index in [1.54, 1.807) is 23.1 Å². The highest BCUT2D eigenvalue weighted by Crippen LogP contribution is 2.33. The zero-order valence-electron chi connectivity index (χ0n) is 18.4. The second-order valence-electron chi connectivity index (χ2n) is 8.39. The molecule has 0 aliphatic carbocycles. The SMILES string of the molecule is O=C(CN1CCCN(c2ncc(C(F)(F)F)cc2Cl)CC1)Nc1cccc(N2CCCC2=O)c1. The summed E-state index contributed by atoms with van der Waals surface area (Å²) in [5.74, 6) is 0.221. The molecule has 0 bridgehead atoms. The van der Waals surface area contributed by atoms with Crippen LogP contribution in [-0.4, -0.2) is 61.0 Å². The van der Waals surface area contributed by atoms with Crippen LogP contribution in [0.2, 0.25) is 5.02 Å². The van der Waals surface area contributed by atoms with Gasteiger partial charge in [0.1, 0.15) is 5.82 Å². The molecule has 2 aliphatic rings. The first-order valence-electron chi connectivity index (χ1n) is 11.1. The van der Waals surface area contributed by atoms with E-state index in [1.807, 2.05) is 15.9 Å². The van der Waals surface area contributed by atoms with Crippen molar-refractivity contribution in [2.75, 3.05) is 54.4 Å². The molecule has 34 heavy (non-hydrogen) atoms. The van der Waals surface area contributed by atoms with Gasteiger partial charge in [0, 0.05) is 56.7 Å². The van der Waals surface area contributed by atoms with Crippen molar-refractivity contribution in [1.82, 2.24) is 9.88 Å². The van der Waals surface area contributed by atoms with Gasteiger partial charge in [0.05, 0.1) is 17.1 Å². The largest absolute Gasteiger partial charge is 0.417 e. The maximum absolute atomic E-state index is 12.9. The van der Waals surface area contributed by atoms with Crippen molar-refractivity contribution in [3.05, 3.63) is 47.1 Å². The molecule has 2 amide bonds. The minimum Gasteiger partial charge on any atom is -0.354 e. The number of benzene rings is 1. The van der Waals surface area contributed by atoms with Crippen molar-refractivity contribution in [2.24, 2.45) is 0 Å². The third kappa shape index (κ3) is 5.79. The normalized spacial score (nSPS) is 17.7. The summed E-state index contributed by atoms with van der Waals surface area (Å²) in [6.07, 6.45) is -1.63. The number of hydrogen-bond donors (Lipinski definition) is 1. The van der Waals surface area contributed by atoms with Crippen LogP contribution in [0.4, 0.5) is 30.4 Å². The molecule has 1 aromatic heterocycles. The van der Waals surface area contributed by atoms with Gasteiger partial charge in [-0.1, -0.05) is 17.7 Å². The lowest BCUT2D eigenvalue weighted by molar-refractivity contribution is -0.137. The van der Waals surface area contributed by atoms with Crippen LogP contribution in [0.25, 0.3) is 0 Å². The van der Waals surface area contributed by atoms with Crippen LogP contribution in [0.3, 0.4) is 0 Å². The Bertz CT molecular complexity index is 1070. The molecule has 0 unspecified atom stereocenters. The first kappa shape index (κ1) is 24.3. The predicted octanol–water partition coefficient (Wildman–Crippen LogP) is 4.03. The monoisotopic (exact) mass is 495 g/mol. The van der Waals surface area contributed by atoms with E-state index in [-0.39, 0.29) is 23.4 Å². The van der Waals surface area contributed by atoms with E-state index < -0.39 is 11.7 Å². The number of rotatable bonds is 5. The number of anilines is 3. The number of carbonyl (C=O) groups excluding carboxylic acids is 2. The summed E-state index contributed by atoms with van der Waals surface area (Å²) in [6.45, 7) is 3.10. The van der Waals surface area contributed by atoms with Gasteiger partial charge in [-0.3, -0.25) is 14.5 Å². The number of amides is 2. The van der Waals surface area contributed by atoms with Gasteiger partial charge in [-0.05, 0) is 37.1 Å². The van der Waals surface area contributed by atoms with Gasteiger partial charge in [-0.2, -0.15) is 13.2 Å². The molecule has 11 heteroatoms. The van der Waals surface area contributed by atoms with Crippen molar-refractivity contribution < 1.29 is 22.8 Å². The number of halogens is 4. The molecule has 2 aromatic rings. The average molecular weight is 496 g/mol. The van der Waals surface area contributed by atoms with Gasteiger partial charge < -0.3 is 15.1 Å². The average Bonchev–Trinajstić information content (AvgIpc) is 3.08. The van der Waals surface area contributed by atoms with Crippen LogP contribution in [-0.2, 0) is 15.8 Å². The maximum atomic E-state index is 12.9. The van der Waals surface area contributed by atoms with Crippen molar-refractivity contribution >= 4 is 40.6 Å². The second kappa shape index (κ2) is 10.2. The third-order valence-electron chi connectivity index (χ3n) is 5.92. The van der Waals surface area contributed by atoms with Gasteiger partial charge in [0.15, 0.2) is 0 Å². The Hall–Kier alpha value is -2.85. The number of alkyl halides is 3. The van der Waals surface area contributed by atoms with E-state index in [0.717, 1.165) is 24.4 Å². The molecule has 0 atom stereocenters. The number of nitrogens with zero attached hydrogens (tertiary/aromatic N) is 4. The van der Waals surface area contributed by atoms with E-state index in [1.165, 1.54) is 0 Å². The van der Waals surface area contributed by atoms with Crippen LogP contribution in [0, 0.1) is 0 Å². The number of pyridine rings is 1. The van der Waals surface area contributed by atoms with E-state index in [2.05, 4.69) is 10.3 Å². The van der Waals surface area contributed by atoms with Crippen LogP contribution >= 0.6 is 11.6 Å². The highest BCUT2D eigenvalue weighted by Gasteiger charge is 2.32. The molecule has 0 radical (unpaired) electrons.